The van der Waals surface area contributed by atoms with Gasteiger partial charge < -0.3 is 4.74 Å². The van der Waals surface area contributed by atoms with Crippen LogP contribution in [0, 0.1) is 0 Å². The molecule has 1 atom stereocenters. The number of hydrogen-bond donors (Lipinski definition) is 0. The SMILES string of the molecule is O=C(c1ccc(C2CCCCC2)cc1)C1CCCO1. The third kappa shape index (κ3) is 2.89. The minimum absolute atomic E-state index is 0.160. The molecule has 2 heteroatoms. The summed E-state index contributed by atoms with van der Waals surface area (Å²) in [6.45, 7) is 0.733. The van der Waals surface area contributed by atoms with Crippen LogP contribution >= 0.6 is 0 Å². The van der Waals surface area contributed by atoms with E-state index in [1.807, 2.05) is 12.1 Å². The van der Waals surface area contributed by atoms with Crippen LogP contribution in [0.15, 0.2) is 24.3 Å². The zero-order valence-corrected chi connectivity index (χ0v) is 11.4. The number of Topliss-reactive ketones (excluding diaryl/α,β-unsaturated/α-hetero) is 1. The monoisotopic (exact) mass is 258 g/mol. The molecule has 1 aromatic carbocycles. The van der Waals surface area contributed by atoms with Crippen LogP contribution in [-0.2, 0) is 4.74 Å². The molecule has 3 rings (SSSR count). The standard InChI is InChI=1S/C17H22O2/c18-17(16-7-4-12-19-16)15-10-8-14(9-11-15)13-5-2-1-3-6-13/h8-11,13,16H,1-7,12H2. The molecule has 1 aliphatic carbocycles. The Balaban J connectivity index is 1.69. The molecule has 1 saturated carbocycles. The van der Waals surface area contributed by atoms with Gasteiger partial charge in [0.25, 0.3) is 0 Å². The predicted molar refractivity (Wildman–Crippen MR) is 75.6 cm³/mol. The topological polar surface area (TPSA) is 26.3 Å². The number of carbonyl (C=O) groups is 1. The molecule has 1 aromatic rings. The smallest absolute Gasteiger partial charge is 0.191 e. The van der Waals surface area contributed by atoms with Crippen molar-refractivity contribution in [3.05, 3.63) is 35.4 Å². The summed E-state index contributed by atoms with van der Waals surface area (Å²) in [7, 11) is 0. The van der Waals surface area contributed by atoms with Crippen LogP contribution < -0.4 is 0 Å². The molecule has 0 bridgehead atoms. The van der Waals surface area contributed by atoms with E-state index in [9.17, 15) is 4.79 Å². The zero-order chi connectivity index (χ0) is 13.1. The number of carbonyl (C=O) groups excluding carboxylic acids is 1. The van der Waals surface area contributed by atoms with Gasteiger partial charge in [0.1, 0.15) is 6.10 Å². The van der Waals surface area contributed by atoms with Gasteiger partial charge in [-0.3, -0.25) is 4.79 Å². The van der Waals surface area contributed by atoms with Gasteiger partial charge in [-0.05, 0) is 37.2 Å². The highest BCUT2D eigenvalue weighted by Gasteiger charge is 2.25. The first-order chi connectivity index (χ1) is 9.34. The van der Waals surface area contributed by atoms with Gasteiger partial charge in [-0.2, -0.15) is 0 Å². The van der Waals surface area contributed by atoms with Gasteiger partial charge >= 0.3 is 0 Å². The molecule has 1 saturated heterocycles. The maximum absolute atomic E-state index is 12.2. The van der Waals surface area contributed by atoms with Crippen LogP contribution in [0.5, 0.6) is 0 Å². The Morgan fingerprint density at radius 3 is 2.32 bits per heavy atom. The molecular formula is C17H22O2. The lowest BCUT2D eigenvalue weighted by atomic mass is 9.84. The Kier molecular flexibility index (Phi) is 3.97. The molecule has 0 spiro atoms. The fourth-order valence-electron chi connectivity index (χ4n) is 3.33. The van der Waals surface area contributed by atoms with Crippen LogP contribution in [0.2, 0.25) is 0 Å². The molecule has 2 nitrogen and oxygen atoms in total. The quantitative estimate of drug-likeness (QED) is 0.763. The van der Waals surface area contributed by atoms with E-state index in [2.05, 4.69) is 12.1 Å². The molecule has 19 heavy (non-hydrogen) atoms. The Bertz CT molecular complexity index is 423. The lowest BCUT2D eigenvalue weighted by Gasteiger charge is -2.22. The first-order valence-corrected chi connectivity index (χ1v) is 7.60. The third-order valence-electron chi connectivity index (χ3n) is 4.49. The summed E-state index contributed by atoms with van der Waals surface area (Å²) in [6.07, 6.45) is 8.38. The fourth-order valence-corrected chi connectivity index (χ4v) is 3.33. The van der Waals surface area contributed by atoms with Gasteiger partial charge in [0.2, 0.25) is 0 Å². The van der Waals surface area contributed by atoms with Crippen molar-refractivity contribution in [3.8, 4) is 0 Å². The van der Waals surface area contributed by atoms with Crippen molar-refractivity contribution in [2.45, 2.75) is 57.0 Å². The predicted octanol–water partition coefficient (Wildman–Crippen LogP) is 4.10. The third-order valence-corrected chi connectivity index (χ3v) is 4.49. The second kappa shape index (κ2) is 5.87. The number of benzene rings is 1. The molecule has 1 aliphatic heterocycles. The highest BCUT2D eigenvalue weighted by atomic mass is 16.5. The fraction of sp³-hybridized carbons (Fsp3) is 0.588. The molecule has 1 heterocycles. The Labute approximate surface area is 115 Å². The van der Waals surface area contributed by atoms with E-state index in [0.29, 0.717) is 5.92 Å². The molecule has 1 unspecified atom stereocenters. The first kappa shape index (κ1) is 12.9. The van der Waals surface area contributed by atoms with Gasteiger partial charge in [-0.25, -0.2) is 0 Å². The average Bonchev–Trinajstić information content (AvgIpc) is 3.02. The Hall–Kier alpha value is -1.15. The highest BCUT2D eigenvalue weighted by molar-refractivity contribution is 5.99. The van der Waals surface area contributed by atoms with Crippen molar-refractivity contribution in [3.63, 3.8) is 0 Å². The second-order valence-electron chi connectivity index (χ2n) is 5.82. The van der Waals surface area contributed by atoms with Gasteiger partial charge in [-0.15, -0.1) is 0 Å². The molecule has 2 aliphatic rings. The van der Waals surface area contributed by atoms with E-state index >= 15 is 0 Å². The highest BCUT2D eigenvalue weighted by Crippen LogP contribution is 2.32. The van der Waals surface area contributed by atoms with Crippen molar-refractivity contribution >= 4 is 5.78 Å². The summed E-state index contributed by atoms with van der Waals surface area (Å²) < 4.78 is 5.47. The number of ether oxygens (including phenoxy) is 1. The van der Waals surface area contributed by atoms with Crippen LogP contribution in [0.1, 0.15) is 66.8 Å². The second-order valence-corrected chi connectivity index (χ2v) is 5.82. The summed E-state index contributed by atoms with van der Waals surface area (Å²) in [5.41, 5.74) is 2.22. The van der Waals surface area contributed by atoms with E-state index in [1.165, 1.54) is 37.7 Å². The normalized spacial score (nSPS) is 24.5. The summed E-state index contributed by atoms with van der Waals surface area (Å²) in [4.78, 5) is 12.2. The average molecular weight is 258 g/mol. The van der Waals surface area contributed by atoms with Crippen molar-refractivity contribution in [1.82, 2.24) is 0 Å². The first-order valence-electron chi connectivity index (χ1n) is 7.60. The summed E-state index contributed by atoms with van der Waals surface area (Å²) in [5.74, 6) is 0.869. The summed E-state index contributed by atoms with van der Waals surface area (Å²) >= 11 is 0. The minimum atomic E-state index is -0.194. The molecule has 0 radical (unpaired) electrons. The lowest BCUT2D eigenvalue weighted by Crippen LogP contribution is -2.19. The van der Waals surface area contributed by atoms with Crippen LogP contribution in [0.4, 0.5) is 0 Å². The maximum Gasteiger partial charge on any atom is 0.191 e. The van der Waals surface area contributed by atoms with Crippen molar-refractivity contribution in [2.24, 2.45) is 0 Å². The van der Waals surface area contributed by atoms with E-state index in [-0.39, 0.29) is 11.9 Å². The molecule has 0 aromatic heterocycles. The zero-order valence-electron chi connectivity index (χ0n) is 11.4. The van der Waals surface area contributed by atoms with Crippen molar-refractivity contribution in [1.29, 1.82) is 0 Å². The van der Waals surface area contributed by atoms with Crippen molar-refractivity contribution in [2.75, 3.05) is 6.61 Å². The lowest BCUT2D eigenvalue weighted by molar-refractivity contribution is 0.0643. The van der Waals surface area contributed by atoms with Gasteiger partial charge in [0, 0.05) is 12.2 Å². The Morgan fingerprint density at radius 1 is 0.947 bits per heavy atom. The number of hydrogen-bond acceptors (Lipinski definition) is 2. The van der Waals surface area contributed by atoms with E-state index in [1.54, 1.807) is 0 Å². The van der Waals surface area contributed by atoms with Crippen LogP contribution in [0.25, 0.3) is 0 Å². The molecular weight excluding hydrogens is 236 g/mol. The number of rotatable bonds is 3. The van der Waals surface area contributed by atoms with E-state index < -0.39 is 0 Å². The van der Waals surface area contributed by atoms with Gasteiger partial charge in [0.15, 0.2) is 5.78 Å². The number of ketones is 1. The summed E-state index contributed by atoms with van der Waals surface area (Å²) in [5, 5.41) is 0. The van der Waals surface area contributed by atoms with Crippen LogP contribution in [-0.4, -0.2) is 18.5 Å². The van der Waals surface area contributed by atoms with Gasteiger partial charge in [0.05, 0.1) is 0 Å². The largest absolute Gasteiger partial charge is 0.370 e. The van der Waals surface area contributed by atoms with Crippen molar-refractivity contribution < 1.29 is 9.53 Å². The Morgan fingerprint density at radius 2 is 1.68 bits per heavy atom. The summed E-state index contributed by atoms with van der Waals surface area (Å²) in [6, 6.07) is 8.29. The maximum atomic E-state index is 12.2. The van der Waals surface area contributed by atoms with E-state index in [0.717, 1.165) is 25.0 Å². The molecule has 0 amide bonds. The van der Waals surface area contributed by atoms with E-state index in [4.69, 9.17) is 4.74 Å². The minimum Gasteiger partial charge on any atom is -0.370 e. The van der Waals surface area contributed by atoms with Gasteiger partial charge in [-0.1, -0.05) is 43.5 Å². The molecule has 2 fully saturated rings. The van der Waals surface area contributed by atoms with Crippen LogP contribution in [0.3, 0.4) is 0 Å². The molecule has 102 valence electrons. The molecule has 0 N–H and O–H groups in total.